The first-order valence-corrected chi connectivity index (χ1v) is 5.76. The molecule has 94 valence electrons. The van der Waals surface area contributed by atoms with E-state index in [0.717, 1.165) is 10.9 Å². The van der Waals surface area contributed by atoms with Crippen molar-refractivity contribution in [2.45, 2.75) is 34.6 Å². The summed E-state index contributed by atoms with van der Waals surface area (Å²) in [6.07, 6.45) is 1.58. The first-order valence-electron chi connectivity index (χ1n) is 5.76. The summed E-state index contributed by atoms with van der Waals surface area (Å²) in [5.74, 6) is 0. The Morgan fingerprint density at radius 3 is 2.35 bits per heavy atom. The van der Waals surface area contributed by atoms with E-state index in [2.05, 4.69) is 10.2 Å². The summed E-state index contributed by atoms with van der Waals surface area (Å²) >= 11 is 0. The largest absolute Gasteiger partial charge is 0.295 e. The molecule has 5 nitrogen and oxygen atoms in total. The Hall–Kier alpha value is -1.91. The van der Waals surface area contributed by atoms with Gasteiger partial charge in [-0.3, -0.25) is 15.2 Å². The molecule has 2 aromatic rings. The fourth-order valence-corrected chi connectivity index (χ4v) is 1.33. The van der Waals surface area contributed by atoms with Crippen LogP contribution in [0.1, 0.15) is 33.3 Å². The maximum absolute atomic E-state index is 10.6. The van der Waals surface area contributed by atoms with Gasteiger partial charge < -0.3 is 0 Å². The zero-order chi connectivity index (χ0) is 13.4. The number of fused-ring (bicyclic) bond motifs is 1. The molecule has 17 heavy (non-hydrogen) atoms. The standard InChI is InChI=1S/C8H7N3O2.2C2H6/c1-5-2-6-4-9-10-8(6)7(3-5)11(12)13;2*1-2/h2-4H,1H3,(H,9,10);2*1-2H3. The molecule has 0 saturated carbocycles. The third-order valence-electron chi connectivity index (χ3n) is 1.87. The van der Waals surface area contributed by atoms with Crippen LogP contribution >= 0.6 is 0 Å². The number of non-ortho nitro benzene ring substituents is 1. The topological polar surface area (TPSA) is 71.8 Å². The van der Waals surface area contributed by atoms with Crippen molar-refractivity contribution in [1.29, 1.82) is 0 Å². The van der Waals surface area contributed by atoms with Crippen LogP contribution in [-0.2, 0) is 0 Å². The van der Waals surface area contributed by atoms with Crippen molar-refractivity contribution in [2.75, 3.05) is 0 Å². The number of hydrogen-bond acceptors (Lipinski definition) is 3. The van der Waals surface area contributed by atoms with Gasteiger partial charge >= 0.3 is 0 Å². The molecule has 1 aromatic carbocycles. The predicted molar refractivity (Wildman–Crippen MR) is 70.2 cm³/mol. The number of aryl methyl sites for hydroxylation is 1. The number of rotatable bonds is 1. The zero-order valence-electron chi connectivity index (χ0n) is 10.9. The summed E-state index contributed by atoms with van der Waals surface area (Å²) in [7, 11) is 0. The number of nitro groups is 1. The second-order valence-corrected chi connectivity index (χ2v) is 2.88. The summed E-state index contributed by atoms with van der Waals surface area (Å²) in [4.78, 5) is 10.2. The van der Waals surface area contributed by atoms with Crippen molar-refractivity contribution >= 4 is 16.6 Å². The van der Waals surface area contributed by atoms with Crippen LogP contribution in [0.5, 0.6) is 0 Å². The summed E-state index contributed by atoms with van der Waals surface area (Å²) in [5, 5.41) is 17.8. The Morgan fingerprint density at radius 2 is 1.82 bits per heavy atom. The third-order valence-corrected chi connectivity index (χ3v) is 1.87. The Morgan fingerprint density at radius 1 is 1.24 bits per heavy atom. The highest BCUT2D eigenvalue weighted by atomic mass is 16.6. The Bertz CT molecular complexity index is 478. The van der Waals surface area contributed by atoms with Crippen molar-refractivity contribution in [3.63, 3.8) is 0 Å². The second-order valence-electron chi connectivity index (χ2n) is 2.88. The van der Waals surface area contributed by atoms with Crippen molar-refractivity contribution in [3.05, 3.63) is 34.0 Å². The predicted octanol–water partition coefficient (Wildman–Crippen LogP) is 3.83. The van der Waals surface area contributed by atoms with Gasteiger partial charge in [0.1, 0.15) is 5.52 Å². The van der Waals surface area contributed by atoms with Crippen molar-refractivity contribution in [2.24, 2.45) is 0 Å². The molecule has 1 aromatic heterocycles. The van der Waals surface area contributed by atoms with Gasteiger partial charge in [-0.1, -0.05) is 27.7 Å². The Labute approximate surface area is 101 Å². The molecule has 0 atom stereocenters. The number of aromatic nitrogens is 2. The van der Waals surface area contributed by atoms with Gasteiger partial charge in [-0.05, 0) is 18.6 Å². The van der Waals surface area contributed by atoms with Gasteiger partial charge in [0.2, 0.25) is 0 Å². The maximum atomic E-state index is 10.6. The maximum Gasteiger partial charge on any atom is 0.295 e. The molecule has 0 spiro atoms. The van der Waals surface area contributed by atoms with Gasteiger partial charge in [-0.2, -0.15) is 5.10 Å². The van der Waals surface area contributed by atoms with E-state index in [1.807, 2.05) is 40.7 Å². The van der Waals surface area contributed by atoms with Crippen LogP contribution in [0.3, 0.4) is 0 Å². The van der Waals surface area contributed by atoms with E-state index >= 15 is 0 Å². The highest BCUT2D eigenvalue weighted by Crippen LogP contribution is 2.24. The van der Waals surface area contributed by atoms with Crippen LogP contribution in [-0.4, -0.2) is 15.1 Å². The molecule has 2 rings (SSSR count). The molecule has 1 heterocycles. The molecule has 0 radical (unpaired) electrons. The normalized spacial score (nSPS) is 8.76. The van der Waals surface area contributed by atoms with Crippen LogP contribution < -0.4 is 0 Å². The Kier molecular flexibility index (Phi) is 6.55. The molecule has 0 saturated heterocycles. The minimum absolute atomic E-state index is 0.0764. The average molecular weight is 237 g/mol. The first kappa shape index (κ1) is 15.1. The van der Waals surface area contributed by atoms with Gasteiger partial charge in [0.15, 0.2) is 0 Å². The number of nitro benzene ring substituents is 1. The average Bonchev–Trinajstić information content (AvgIpc) is 2.80. The zero-order valence-corrected chi connectivity index (χ0v) is 10.9. The van der Waals surface area contributed by atoms with Crippen LogP contribution in [0.15, 0.2) is 18.3 Å². The smallest absolute Gasteiger partial charge is 0.271 e. The van der Waals surface area contributed by atoms with E-state index < -0.39 is 4.92 Å². The van der Waals surface area contributed by atoms with E-state index in [4.69, 9.17) is 0 Å². The number of hydrogen-bond donors (Lipinski definition) is 1. The van der Waals surface area contributed by atoms with E-state index in [0.29, 0.717) is 5.52 Å². The van der Waals surface area contributed by atoms with Gasteiger partial charge in [-0.25, -0.2) is 0 Å². The quantitative estimate of drug-likeness (QED) is 0.605. The molecule has 0 aliphatic carbocycles. The number of nitrogens with one attached hydrogen (secondary N) is 1. The van der Waals surface area contributed by atoms with E-state index in [-0.39, 0.29) is 5.69 Å². The minimum Gasteiger partial charge on any atom is -0.271 e. The summed E-state index contributed by atoms with van der Waals surface area (Å²) in [6, 6.07) is 3.38. The number of H-pyrrole nitrogens is 1. The van der Waals surface area contributed by atoms with Crippen LogP contribution in [0.25, 0.3) is 10.9 Å². The van der Waals surface area contributed by atoms with E-state index in [1.54, 1.807) is 6.20 Å². The fraction of sp³-hybridized carbons (Fsp3) is 0.417. The van der Waals surface area contributed by atoms with Crippen LogP contribution in [0, 0.1) is 17.0 Å². The minimum atomic E-state index is -0.409. The van der Waals surface area contributed by atoms with Crippen LogP contribution in [0.4, 0.5) is 5.69 Å². The lowest BCUT2D eigenvalue weighted by Gasteiger charge is -1.95. The lowest BCUT2D eigenvalue weighted by Crippen LogP contribution is -1.90. The summed E-state index contributed by atoms with van der Waals surface area (Å²) < 4.78 is 0. The van der Waals surface area contributed by atoms with Crippen molar-refractivity contribution < 1.29 is 4.92 Å². The number of nitrogens with zero attached hydrogens (tertiary/aromatic N) is 2. The SMILES string of the molecule is CC.CC.Cc1cc([N+](=O)[O-])c2[nH]ncc2c1. The summed E-state index contributed by atoms with van der Waals surface area (Å²) in [5.41, 5.74) is 1.42. The molecule has 0 amide bonds. The summed E-state index contributed by atoms with van der Waals surface area (Å²) in [6.45, 7) is 9.82. The molecule has 0 aliphatic heterocycles. The lowest BCUT2D eigenvalue weighted by molar-refractivity contribution is -0.383. The molecule has 0 unspecified atom stereocenters. The molecular weight excluding hydrogens is 218 g/mol. The fourth-order valence-electron chi connectivity index (χ4n) is 1.33. The highest BCUT2D eigenvalue weighted by molar-refractivity contribution is 5.87. The molecule has 0 aliphatic rings. The number of benzene rings is 1. The molecule has 0 fully saturated rings. The third kappa shape index (κ3) is 3.55. The second kappa shape index (κ2) is 7.38. The molecular formula is C12H19N3O2. The number of aromatic amines is 1. The Balaban J connectivity index is 0.000000581. The first-order chi connectivity index (χ1) is 8.18. The molecule has 1 N–H and O–H groups in total. The van der Waals surface area contributed by atoms with E-state index in [1.165, 1.54) is 6.07 Å². The van der Waals surface area contributed by atoms with Crippen molar-refractivity contribution in [3.8, 4) is 0 Å². The van der Waals surface area contributed by atoms with Gasteiger partial charge in [-0.15, -0.1) is 0 Å². The molecule has 0 bridgehead atoms. The van der Waals surface area contributed by atoms with Gasteiger partial charge in [0, 0.05) is 11.5 Å². The lowest BCUT2D eigenvalue weighted by atomic mass is 10.1. The van der Waals surface area contributed by atoms with Gasteiger partial charge in [0.25, 0.3) is 5.69 Å². The van der Waals surface area contributed by atoms with Gasteiger partial charge in [0.05, 0.1) is 11.1 Å². The van der Waals surface area contributed by atoms with E-state index in [9.17, 15) is 10.1 Å². The highest BCUT2D eigenvalue weighted by Gasteiger charge is 2.13. The van der Waals surface area contributed by atoms with Crippen molar-refractivity contribution in [1.82, 2.24) is 10.2 Å². The molecule has 5 heteroatoms. The monoisotopic (exact) mass is 237 g/mol. The van der Waals surface area contributed by atoms with Crippen LogP contribution in [0.2, 0.25) is 0 Å².